The van der Waals surface area contributed by atoms with Crippen LogP contribution in [0.1, 0.15) is 36.2 Å². The minimum Gasteiger partial charge on any atom is -0.426 e. The number of carbonyl (C=O) groups excluding carboxylic acids is 2. The largest absolute Gasteiger partial charge is 0.426 e. The van der Waals surface area contributed by atoms with E-state index in [1.165, 1.54) is 0 Å². The summed E-state index contributed by atoms with van der Waals surface area (Å²) < 4.78 is 11.2. The van der Waals surface area contributed by atoms with Crippen molar-refractivity contribution in [3.63, 3.8) is 0 Å². The van der Waals surface area contributed by atoms with Crippen LogP contribution in [0.2, 0.25) is 0 Å². The zero-order valence-electron chi connectivity index (χ0n) is 15.2. The molecule has 1 aromatic carbocycles. The quantitative estimate of drug-likeness (QED) is 0.779. The highest BCUT2D eigenvalue weighted by atomic mass is 16.6. The van der Waals surface area contributed by atoms with Gasteiger partial charge < -0.3 is 25.1 Å². The minimum absolute atomic E-state index is 0.0448. The zero-order valence-corrected chi connectivity index (χ0v) is 15.2. The predicted octanol–water partition coefficient (Wildman–Crippen LogP) is 2.53. The smallest absolute Gasteiger partial charge is 0.290 e. The average Bonchev–Trinajstić information content (AvgIpc) is 3.15. The Labute approximate surface area is 158 Å². The molecule has 1 aromatic heterocycles. The number of carbonyl (C=O) groups is 2. The van der Waals surface area contributed by atoms with Crippen LogP contribution in [-0.2, 0) is 4.79 Å². The third kappa shape index (κ3) is 5.10. The van der Waals surface area contributed by atoms with E-state index in [1.807, 2.05) is 30.3 Å². The van der Waals surface area contributed by atoms with Gasteiger partial charge in [-0.25, -0.2) is 0 Å². The van der Waals surface area contributed by atoms with E-state index in [2.05, 4.69) is 5.32 Å². The lowest BCUT2D eigenvalue weighted by Gasteiger charge is -2.35. The molecule has 144 valence electrons. The van der Waals surface area contributed by atoms with Crippen molar-refractivity contribution in [2.24, 2.45) is 5.73 Å². The first-order valence-corrected chi connectivity index (χ1v) is 9.28. The second-order valence-electron chi connectivity index (χ2n) is 6.52. The molecule has 1 unspecified atom stereocenters. The summed E-state index contributed by atoms with van der Waals surface area (Å²) in [6.07, 6.45) is 3.11. The number of piperidine rings is 1. The van der Waals surface area contributed by atoms with E-state index in [-0.39, 0.29) is 29.6 Å². The highest BCUT2D eigenvalue weighted by Gasteiger charge is 2.29. The maximum atomic E-state index is 12.9. The van der Waals surface area contributed by atoms with Gasteiger partial charge in [-0.05, 0) is 37.5 Å². The van der Waals surface area contributed by atoms with Crippen molar-refractivity contribution in [2.45, 2.75) is 31.7 Å². The van der Waals surface area contributed by atoms with Crippen LogP contribution in [0, 0.1) is 0 Å². The molecular weight excluding hydrogens is 346 g/mol. The lowest BCUT2D eigenvalue weighted by molar-refractivity contribution is -0.121. The summed E-state index contributed by atoms with van der Waals surface area (Å²) in [5.74, 6) is 0.877. The third-order valence-corrected chi connectivity index (χ3v) is 4.55. The summed E-state index contributed by atoms with van der Waals surface area (Å²) in [6, 6.07) is 12.5. The van der Waals surface area contributed by atoms with E-state index in [9.17, 15) is 9.59 Å². The fourth-order valence-corrected chi connectivity index (χ4v) is 3.17. The van der Waals surface area contributed by atoms with Gasteiger partial charge in [0.1, 0.15) is 5.75 Å². The van der Waals surface area contributed by atoms with Crippen molar-refractivity contribution in [1.82, 2.24) is 10.2 Å². The molecule has 2 amide bonds. The van der Waals surface area contributed by atoms with Crippen LogP contribution < -0.4 is 15.8 Å². The average molecular weight is 371 g/mol. The number of hydrogen-bond donors (Lipinski definition) is 2. The monoisotopic (exact) mass is 371 g/mol. The molecule has 1 aliphatic heterocycles. The van der Waals surface area contributed by atoms with Crippen molar-refractivity contribution in [3.05, 3.63) is 48.2 Å². The van der Waals surface area contributed by atoms with Gasteiger partial charge in [0.05, 0.1) is 0 Å². The molecular formula is C20H25N3O4. The first kappa shape index (κ1) is 19.0. The lowest BCUT2D eigenvalue weighted by atomic mass is 10.0. The van der Waals surface area contributed by atoms with Gasteiger partial charge in [-0.3, -0.25) is 9.59 Å². The predicted molar refractivity (Wildman–Crippen MR) is 101 cm³/mol. The summed E-state index contributed by atoms with van der Waals surface area (Å²) in [4.78, 5) is 26.3. The minimum atomic E-state index is -0.185. The number of amides is 2. The fraction of sp³-hybridized carbons (Fsp3) is 0.400. The van der Waals surface area contributed by atoms with E-state index >= 15 is 0 Å². The Hall–Kier alpha value is -2.80. The van der Waals surface area contributed by atoms with Gasteiger partial charge >= 0.3 is 0 Å². The summed E-state index contributed by atoms with van der Waals surface area (Å²) in [5, 5.41) is 2.86. The molecule has 0 spiro atoms. The number of rotatable bonds is 7. The molecule has 1 aliphatic rings. The van der Waals surface area contributed by atoms with Gasteiger partial charge in [0.2, 0.25) is 5.91 Å². The molecule has 0 saturated carbocycles. The van der Waals surface area contributed by atoms with E-state index in [0.29, 0.717) is 31.8 Å². The number of likely N-dealkylation sites (tertiary alicyclic amines) is 1. The summed E-state index contributed by atoms with van der Waals surface area (Å²) in [7, 11) is 0. The number of nitrogens with zero attached hydrogens (tertiary/aromatic N) is 1. The van der Waals surface area contributed by atoms with Crippen LogP contribution in [0.3, 0.4) is 0 Å². The first-order valence-electron chi connectivity index (χ1n) is 9.28. The van der Waals surface area contributed by atoms with Gasteiger partial charge in [0.15, 0.2) is 5.76 Å². The molecule has 1 saturated heterocycles. The molecule has 7 heteroatoms. The second-order valence-corrected chi connectivity index (χ2v) is 6.52. The van der Waals surface area contributed by atoms with Gasteiger partial charge in [0.25, 0.3) is 11.9 Å². The first-order chi connectivity index (χ1) is 13.2. The van der Waals surface area contributed by atoms with E-state index in [1.54, 1.807) is 17.0 Å². The number of nitrogens with one attached hydrogen (secondary N) is 1. The Morgan fingerprint density at radius 2 is 2.00 bits per heavy atom. The van der Waals surface area contributed by atoms with E-state index < -0.39 is 0 Å². The Balaban J connectivity index is 1.63. The van der Waals surface area contributed by atoms with E-state index in [4.69, 9.17) is 14.9 Å². The van der Waals surface area contributed by atoms with Crippen molar-refractivity contribution in [1.29, 1.82) is 0 Å². The molecule has 1 atom stereocenters. The van der Waals surface area contributed by atoms with Crippen molar-refractivity contribution >= 4 is 11.8 Å². The van der Waals surface area contributed by atoms with E-state index in [0.717, 1.165) is 19.3 Å². The molecule has 27 heavy (non-hydrogen) atoms. The maximum absolute atomic E-state index is 12.9. The topological polar surface area (TPSA) is 97.8 Å². The number of ether oxygens (including phenoxy) is 1. The molecule has 0 aliphatic carbocycles. The highest BCUT2D eigenvalue weighted by Crippen LogP contribution is 2.26. The molecule has 0 bridgehead atoms. The van der Waals surface area contributed by atoms with Crippen molar-refractivity contribution in [2.75, 3.05) is 19.6 Å². The number of para-hydroxylation sites is 1. The molecule has 2 aromatic rings. The van der Waals surface area contributed by atoms with Crippen LogP contribution in [0.25, 0.3) is 0 Å². The molecule has 3 N–H and O–H groups in total. The molecule has 7 nitrogen and oxygen atoms in total. The fourth-order valence-electron chi connectivity index (χ4n) is 3.17. The van der Waals surface area contributed by atoms with Crippen molar-refractivity contribution in [3.8, 4) is 11.7 Å². The Morgan fingerprint density at radius 3 is 2.78 bits per heavy atom. The van der Waals surface area contributed by atoms with Gasteiger partial charge in [-0.15, -0.1) is 0 Å². The highest BCUT2D eigenvalue weighted by molar-refractivity contribution is 5.92. The zero-order chi connectivity index (χ0) is 19.1. The maximum Gasteiger partial charge on any atom is 0.290 e. The molecule has 2 heterocycles. The number of benzene rings is 1. The second kappa shape index (κ2) is 9.23. The van der Waals surface area contributed by atoms with Crippen LogP contribution >= 0.6 is 0 Å². The Bertz CT molecular complexity index is 760. The molecule has 3 rings (SSSR count). The van der Waals surface area contributed by atoms with Gasteiger partial charge in [-0.2, -0.15) is 0 Å². The normalized spacial score (nSPS) is 16.8. The van der Waals surface area contributed by atoms with Crippen molar-refractivity contribution < 1.29 is 18.7 Å². The number of nitrogens with two attached hydrogens (primary N) is 1. The molecule has 1 fully saturated rings. The Morgan fingerprint density at radius 1 is 1.19 bits per heavy atom. The van der Waals surface area contributed by atoms with Crippen LogP contribution in [0.4, 0.5) is 0 Å². The van der Waals surface area contributed by atoms with Gasteiger partial charge in [0, 0.05) is 38.2 Å². The van der Waals surface area contributed by atoms with Crippen LogP contribution in [0.15, 0.2) is 46.9 Å². The molecule has 0 radical (unpaired) electrons. The number of hydrogen-bond acceptors (Lipinski definition) is 5. The van der Waals surface area contributed by atoms with Crippen LogP contribution in [-0.4, -0.2) is 42.4 Å². The number of furan rings is 1. The summed E-state index contributed by atoms with van der Waals surface area (Å²) >= 11 is 0. The lowest BCUT2D eigenvalue weighted by Crippen LogP contribution is -2.49. The van der Waals surface area contributed by atoms with Crippen LogP contribution in [0.5, 0.6) is 11.7 Å². The standard InChI is InChI=1S/C20H25N3O4/c21-12-11-18(24)22-14-15-6-4-5-13-23(15)20(25)17-9-10-19(27-17)26-16-7-2-1-3-8-16/h1-3,7-10,15H,4-6,11-14,21H2,(H,22,24). The summed E-state index contributed by atoms with van der Waals surface area (Å²) in [6.45, 7) is 1.39. The summed E-state index contributed by atoms with van der Waals surface area (Å²) in [5.41, 5.74) is 5.40. The SMILES string of the molecule is NCCC(=O)NCC1CCCCN1C(=O)c1ccc(Oc2ccccc2)o1. The Kier molecular flexibility index (Phi) is 6.49. The van der Waals surface area contributed by atoms with Gasteiger partial charge in [-0.1, -0.05) is 18.2 Å². The third-order valence-electron chi connectivity index (χ3n) is 4.55.